The van der Waals surface area contributed by atoms with Crippen molar-refractivity contribution in [2.75, 3.05) is 5.32 Å². The number of carbonyl (C=O) groups is 1. The number of aromatic amines is 1. The van der Waals surface area contributed by atoms with Crippen LogP contribution in [0.5, 0.6) is 0 Å². The van der Waals surface area contributed by atoms with Crippen LogP contribution < -0.4 is 11.1 Å². The number of H-pyrrole nitrogens is 1. The number of benzene rings is 2. The van der Waals surface area contributed by atoms with Crippen molar-refractivity contribution in [3.05, 3.63) is 63.9 Å². The normalized spacial score (nSPS) is 10.9. The number of aromatic nitrogens is 1. The number of rotatable bonds is 3. The Morgan fingerprint density at radius 1 is 1.13 bits per heavy atom. The molecule has 0 aliphatic rings. The van der Waals surface area contributed by atoms with Gasteiger partial charge in [0.05, 0.1) is 17.6 Å². The molecule has 3 rings (SSSR count). The number of carbonyl (C=O) groups excluding carboxylic acids is 1. The summed E-state index contributed by atoms with van der Waals surface area (Å²) in [6, 6.07) is 6.24. The van der Waals surface area contributed by atoms with E-state index in [4.69, 9.17) is 4.42 Å². The fourth-order valence-corrected chi connectivity index (χ4v) is 2.11. The molecular weight excluding hydrogens is 313 g/mol. The lowest BCUT2D eigenvalue weighted by atomic mass is 10.1. The number of amides is 1. The summed E-state index contributed by atoms with van der Waals surface area (Å²) in [5.41, 5.74) is 0.826. The maximum Gasteiger partial charge on any atom is 0.417 e. The number of hydrogen-bond acceptors (Lipinski definition) is 3. The van der Waals surface area contributed by atoms with Gasteiger partial charge >= 0.3 is 5.76 Å². The lowest BCUT2D eigenvalue weighted by Crippen LogP contribution is -2.16. The van der Waals surface area contributed by atoms with E-state index in [0.29, 0.717) is 16.7 Å². The highest BCUT2D eigenvalue weighted by Crippen LogP contribution is 2.20. The summed E-state index contributed by atoms with van der Waals surface area (Å²) in [6.07, 6.45) is -0.151. The zero-order chi connectivity index (χ0) is 16.6. The highest BCUT2D eigenvalue weighted by molar-refractivity contribution is 5.92. The van der Waals surface area contributed by atoms with Crippen molar-refractivity contribution in [3.8, 4) is 0 Å². The Morgan fingerprint density at radius 3 is 2.70 bits per heavy atom. The van der Waals surface area contributed by atoms with Crippen LogP contribution in [0.3, 0.4) is 0 Å². The first-order valence-electron chi connectivity index (χ1n) is 6.49. The molecule has 0 spiro atoms. The highest BCUT2D eigenvalue weighted by atomic mass is 19.2. The molecule has 0 aliphatic carbocycles. The summed E-state index contributed by atoms with van der Waals surface area (Å²) in [5.74, 6) is -5.70. The Hall–Kier alpha value is -3.03. The molecule has 0 aliphatic heterocycles. The molecule has 5 nitrogen and oxygen atoms in total. The molecule has 2 aromatic carbocycles. The Morgan fingerprint density at radius 2 is 1.91 bits per heavy atom. The van der Waals surface area contributed by atoms with Gasteiger partial charge in [0, 0.05) is 0 Å². The lowest BCUT2D eigenvalue weighted by molar-refractivity contribution is -0.115. The van der Waals surface area contributed by atoms with Crippen molar-refractivity contribution < 1.29 is 22.4 Å². The average molecular weight is 322 g/mol. The van der Waals surface area contributed by atoms with Gasteiger partial charge in [-0.25, -0.2) is 18.0 Å². The van der Waals surface area contributed by atoms with Gasteiger partial charge in [0.25, 0.3) is 0 Å². The van der Waals surface area contributed by atoms with Crippen LogP contribution in [0.25, 0.3) is 11.1 Å². The fraction of sp³-hybridized carbons (Fsp3) is 0.0667. The summed E-state index contributed by atoms with van der Waals surface area (Å²) in [6.45, 7) is 0. The van der Waals surface area contributed by atoms with Gasteiger partial charge < -0.3 is 9.73 Å². The summed E-state index contributed by atoms with van der Waals surface area (Å²) in [5, 5.41) is 2.16. The van der Waals surface area contributed by atoms with Gasteiger partial charge in [-0.15, -0.1) is 0 Å². The quantitative estimate of drug-likeness (QED) is 0.728. The molecule has 1 amide bonds. The Balaban J connectivity index is 1.78. The van der Waals surface area contributed by atoms with Crippen LogP contribution >= 0.6 is 0 Å². The van der Waals surface area contributed by atoms with E-state index in [1.165, 1.54) is 12.1 Å². The SMILES string of the molecule is O=C(Cc1ccc2oc(=O)[nH]c2c1)Nc1ccc(F)c(F)c1F. The third-order valence-electron chi connectivity index (χ3n) is 3.16. The predicted octanol–water partition coefficient (Wildman–Crippen LogP) is 2.72. The number of fused-ring (bicyclic) bond motifs is 1. The Kier molecular flexibility index (Phi) is 3.65. The second-order valence-electron chi connectivity index (χ2n) is 4.79. The maximum absolute atomic E-state index is 13.5. The fourth-order valence-electron chi connectivity index (χ4n) is 2.11. The first kappa shape index (κ1) is 14.9. The summed E-state index contributed by atoms with van der Waals surface area (Å²) < 4.78 is 44.2. The molecule has 0 saturated heterocycles. The Labute approximate surface area is 126 Å². The minimum Gasteiger partial charge on any atom is -0.408 e. The monoisotopic (exact) mass is 322 g/mol. The van der Waals surface area contributed by atoms with E-state index in [0.717, 1.165) is 12.1 Å². The molecule has 0 atom stereocenters. The average Bonchev–Trinajstić information content (AvgIpc) is 2.87. The molecule has 118 valence electrons. The lowest BCUT2D eigenvalue weighted by Gasteiger charge is -2.07. The largest absolute Gasteiger partial charge is 0.417 e. The molecule has 1 aromatic heterocycles. The molecule has 0 fully saturated rings. The van der Waals surface area contributed by atoms with Crippen LogP contribution in [-0.4, -0.2) is 10.9 Å². The van der Waals surface area contributed by atoms with Crippen LogP contribution in [0.2, 0.25) is 0 Å². The number of nitrogens with one attached hydrogen (secondary N) is 2. The van der Waals surface area contributed by atoms with Gasteiger partial charge in [0.2, 0.25) is 5.91 Å². The van der Waals surface area contributed by atoms with Gasteiger partial charge in [-0.1, -0.05) is 6.07 Å². The second kappa shape index (κ2) is 5.64. The van der Waals surface area contributed by atoms with Crippen molar-refractivity contribution in [1.82, 2.24) is 4.98 Å². The van der Waals surface area contributed by atoms with E-state index >= 15 is 0 Å². The standard InChI is InChI=1S/C15H9F3N2O3/c16-8-2-3-9(14(18)13(8)17)19-12(21)6-7-1-4-11-10(5-7)20-15(22)23-11/h1-5H,6H2,(H,19,21)(H,20,22). The number of hydrogen-bond donors (Lipinski definition) is 2. The predicted molar refractivity (Wildman–Crippen MR) is 75.5 cm³/mol. The molecular formula is C15H9F3N2O3. The van der Waals surface area contributed by atoms with Crippen LogP contribution in [0.4, 0.5) is 18.9 Å². The van der Waals surface area contributed by atoms with Gasteiger partial charge in [0.15, 0.2) is 23.0 Å². The molecule has 0 bridgehead atoms. The van der Waals surface area contributed by atoms with Gasteiger partial charge in [-0.3, -0.25) is 9.78 Å². The van der Waals surface area contributed by atoms with Gasteiger partial charge in [-0.05, 0) is 29.8 Å². The smallest absolute Gasteiger partial charge is 0.408 e. The third kappa shape index (κ3) is 2.96. The third-order valence-corrected chi connectivity index (χ3v) is 3.16. The maximum atomic E-state index is 13.5. The van der Waals surface area contributed by atoms with Gasteiger partial charge in [0.1, 0.15) is 0 Å². The Bertz CT molecular complexity index is 962. The van der Waals surface area contributed by atoms with Gasteiger partial charge in [-0.2, -0.15) is 0 Å². The van der Waals surface area contributed by atoms with Crippen molar-refractivity contribution in [2.24, 2.45) is 0 Å². The van der Waals surface area contributed by atoms with Crippen molar-refractivity contribution in [3.63, 3.8) is 0 Å². The first-order valence-corrected chi connectivity index (χ1v) is 6.49. The van der Waals surface area contributed by atoms with Crippen LogP contribution in [-0.2, 0) is 11.2 Å². The van der Waals surface area contributed by atoms with E-state index in [-0.39, 0.29) is 6.42 Å². The van der Waals surface area contributed by atoms with Crippen LogP contribution in [0, 0.1) is 17.5 Å². The molecule has 0 saturated carbocycles. The van der Waals surface area contributed by atoms with E-state index in [9.17, 15) is 22.8 Å². The van der Waals surface area contributed by atoms with E-state index < -0.39 is 34.8 Å². The summed E-state index contributed by atoms with van der Waals surface area (Å²) in [4.78, 5) is 25.4. The zero-order valence-corrected chi connectivity index (χ0v) is 11.5. The van der Waals surface area contributed by atoms with Crippen molar-refractivity contribution in [1.29, 1.82) is 0 Å². The zero-order valence-electron chi connectivity index (χ0n) is 11.5. The second-order valence-corrected chi connectivity index (χ2v) is 4.79. The molecule has 0 radical (unpaired) electrons. The summed E-state index contributed by atoms with van der Waals surface area (Å²) >= 11 is 0. The first-order chi connectivity index (χ1) is 10.9. The summed E-state index contributed by atoms with van der Waals surface area (Å²) in [7, 11) is 0. The van der Waals surface area contributed by atoms with E-state index in [2.05, 4.69) is 10.3 Å². The molecule has 23 heavy (non-hydrogen) atoms. The van der Waals surface area contributed by atoms with Crippen LogP contribution in [0.1, 0.15) is 5.56 Å². The molecule has 3 aromatic rings. The van der Waals surface area contributed by atoms with E-state index in [1.54, 1.807) is 6.07 Å². The van der Waals surface area contributed by atoms with Crippen molar-refractivity contribution in [2.45, 2.75) is 6.42 Å². The number of oxazole rings is 1. The minimum atomic E-state index is -1.65. The number of halogens is 3. The van der Waals surface area contributed by atoms with Crippen molar-refractivity contribution >= 4 is 22.7 Å². The molecule has 2 N–H and O–H groups in total. The topological polar surface area (TPSA) is 75.1 Å². The van der Waals surface area contributed by atoms with E-state index in [1.807, 2.05) is 0 Å². The van der Waals surface area contributed by atoms with Crippen LogP contribution in [0.15, 0.2) is 39.5 Å². The molecule has 8 heteroatoms. The molecule has 1 heterocycles. The minimum absolute atomic E-state index is 0.151. The number of anilines is 1. The highest BCUT2D eigenvalue weighted by Gasteiger charge is 2.15. The molecule has 0 unspecified atom stereocenters.